The van der Waals surface area contributed by atoms with Crippen molar-refractivity contribution in [3.63, 3.8) is 0 Å². The van der Waals surface area contributed by atoms with Crippen molar-refractivity contribution < 1.29 is 9.47 Å². The summed E-state index contributed by atoms with van der Waals surface area (Å²) in [6.45, 7) is 6.28. The lowest BCUT2D eigenvalue weighted by Crippen LogP contribution is -2.26. The Morgan fingerprint density at radius 3 is 3.16 bits per heavy atom. The molecular weight excluding hydrogens is 316 g/mol. The Labute approximate surface area is 147 Å². The van der Waals surface area contributed by atoms with Crippen LogP contribution < -0.4 is 4.74 Å². The number of benzene rings is 1. The molecule has 0 aliphatic carbocycles. The van der Waals surface area contributed by atoms with Gasteiger partial charge in [-0.1, -0.05) is 6.07 Å². The van der Waals surface area contributed by atoms with E-state index in [1.165, 1.54) is 0 Å². The number of nitriles is 1. The van der Waals surface area contributed by atoms with Gasteiger partial charge in [-0.05, 0) is 25.1 Å². The second-order valence-corrected chi connectivity index (χ2v) is 6.91. The first-order chi connectivity index (χ1) is 12.2. The number of H-pyrrole nitrogens is 1. The molecule has 0 amide bonds. The minimum atomic E-state index is 0.290. The van der Waals surface area contributed by atoms with E-state index in [0.717, 1.165) is 43.4 Å². The Morgan fingerprint density at radius 1 is 1.44 bits per heavy atom. The fraction of sp³-hybridized carbons (Fsp3) is 0.474. The Kier molecular flexibility index (Phi) is 4.43. The highest BCUT2D eigenvalue weighted by Gasteiger charge is 2.44. The van der Waals surface area contributed by atoms with Crippen LogP contribution in [0.1, 0.15) is 17.0 Å². The topological polar surface area (TPSA) is 74.2 Å². The number of nitrogens with one attached hydrogen (secondary N) is 1. The summed E-state index contributed by atoms with van der Waals surface area (Å²) in [5.74, 6) is 1.64. The highest BCUT2D eigenvalue weighted by molar-refractivity contribution is 5.36. The van der Waals surface area contributed by atoms with Gasteiger partial charge in [0.1, 0.15) is 5.75 Å². The highest BCUT2D eigenvalue weighted by Crippen LogP contribution is 2.34. The Balaban J connectivity index is 1.34. The van der Waals surface area contributed by atoms with Crippen molar-refractivity contribution >= 4 is 0 Å². The van der Waals surface area contributed by atoms with Gasteiger partial charge in [0.15, 0.2) is 0 Å². The van der Waals surface area contributed by atoms with Crippen LogP contribution in [0.5, 0.6) is 5.75 Å². The van der Waals surface area contributed by atoms with Crippen LogP contribution in [0.4, 0.5) is 0 Å². The molecule has 2 aliphatic heterocycles. The van der Waals surface area contributed by atoms with E-state index in [2.05, 4.69) is 27.9 Å². The smallest absolute Gasteiger partial charge is 0.120 e. The maximum Gasteiger partial charge on any atom is 0.120 e. The predicted molar refractivity (Wildman–Crippen MR) is 92.0 cm³/mol. The van der Waals surface area contributed by atoms with E-state index in [9.17, 15) is 0 Å². The summed E-state index contributed by atoms with van der Waals surface area (Å²) in [5.41, 5.74) is 2.87. The molecule has 4 rings (SSSR count). The van der Waals surface area contributed by atoms with Gasteiger partial charge >= 0.3 is 0 Å². The number of ether oxygens (including phenoxy) is 2. The van der Waals surface area contributed by atoms with Gasteiger partial charge in [-0.15, -0.1) is 0 Å². The second-order valence-electron chi connectivity index (χ2n) is 6.91. The zero-order chi connectivity index (χ0) is 17.2. The predicted octanol–water partition coefficient (Wildman–Crippen LogP) is 2.12. The minimum absolute atomic E-state index is 0.290. The number of aromatic amines is 1. The second kappa shape index (κ2) is 6.87. The number of imidazole rings is 1. The van der Waals surface area contributed by atoms with Crippen molar-refractivity contribution in [2.45, 2.75) is 19.6 Å². The number of likely N-dealkylation sites (tertiary alicyclic amines) is 1. The van der Waals surface area contributed by atoms with Crippen LogP contribution in [-0.4, -0.2) is 47.3 Å². The molecule has 0 bridgehead atoms. The maximum absolute atomic E-state index is 8.98. The molecule has 130 valence electrons. The number of hydrogen-bond acceptors (Lipinski definition) is 5. The lowest BCUT2D eigenvalue weighted by Gasteiger charge is -2.19. The van der Waals surface area contributed by atoms with Crippen molar-refractivity contribution in [3.8, 4) is 11.8 Å². The number of hydrogen-bond donors (Lipinski definition) is 1. The Bertz CT molecular complexity index is 782. The SMILES string of the molecule is Cc1[nH]cnc1CN1C[C@@H]2[C@@H](COc3cccc(C#N)c3)CO[C@@H]2C1. The largest absolute Gasteiger partial charge is 0.493 e. The molecule has 2 fully saturated rings. The normalized spacial score (nSPS) is 25.7. The summed E-state index contributed by atoms with van der Waals surface area (Å²) in [5, 5.41) is 8.98. The van der Waals surface area contributed by atoms with Gasteiger partial charge in [0.25, 0.3) is 0 Å². The highest BCUT2D eigenvalue weighted by atomic mass is 16.5. The van der Waals surface area contributed by atoms with Gasteiger partial charge in [-0.2, -0.15) is 5.26 Å². The van der Waals surface area contributed by atoms with Gasteiger partial charge in [-0.25, -0.2) is 4.98 Å². The minimum Gasteiger partial charge on any atom is -0.493 e. The molecule has 1 aromatic heterocycles. The molecule has 2 saturated heterocycles. The molecule has 1 N–H and O–H groups in total. The van der Waals surface area contributed by atoms with E-state index < -0.39 is 0 Å². The number of aromatic nitrogens is 2. The molecule has 25 heavy (non-hydrogen) atoms. The zero-order valence-electron chi connectivity index (χ0n) is 14.3. The average Bonchev–Trinajstić information content (AvgIpc) is 3.31. The van der Waals surface area contributed by atoms with Gasteiger partial charge in [0, 0.05) is 37.2 Å². The molecule has 0 saturated carbocycles. The van der Waals surface area contributed by atoms with Crippen molar-refractivity contribution in [2.75, 3.05) is 26.3 Å². The summed E-state index contributed by atoms with van der Waals surface area (Å²) in [4.78, 5) is 9.95. The summed E-state index contributed by atoms with van der Waals surface area (Å²) in [7, 11) is 0. The van der Waals surface area contributed by atoms with Gasteiger partial charge in [-0.3, -0.25) is 4.90 Å². The molecule has 0 unspecified atom stereocenters. The first kappa shape index (κ1) is 16.1. The fourth-order valence-electron chi connectivity index (χ4n) is 3.80. The maximum atomic E-state index is 8.98. The lowest BCUT2D eigenvalue weighted by molar-refractivity contribution is 0.0895. The van der Waals surface area contributed by atoms with Crippen LogP contribution >= 0.6 is 0 Å². The molecule has 0 radical (unpaired) electrons. The summed E-state index contributed by atoms with van der Waals surface area (Å²) in [6, 6.07) is 9.47. The van der Waals surface area contributed by atoms with Crippen molar-refractivity contribution in [1.29, 1.82) is 5.26 Å². The summed E-state index contributed by atoms with van der Waals surface area (Å²) in [6.07, 6.45) is 2.04. The molecular formula is C19H22N4O2. The molecule has 0 spiro atoms. The van der Waals surface area contributed by atoms with Gasteiger partial charge < -0.3 is 14.5 Å². The van der Waals surface area contributed by atoms with Crippen LogP contribution in [0.3, 0.4) is 0 Å². The standard InChI is InChI=1S/C19H22N4O2/c1-13-18(22-12-21-13)8-23-7-17-15(11-25-19(17)9-23)10-24-16-4-2-3-14(5-16)6-20/h2-5,12,15,17,19H,7-11H2,1H3,(H,21,22)/t15-,17+,19+/m0/s1. The van der Waals surface area contributed by atoms with Crippen molar-refractivity contribution in [1.82, 2.24) is 14.9 Å². The van der Waals surface area contributed by atoms with Crippen LogP contribution in [-0.2, 0) is 11.3 Å². The Hall–Kier alpha value is -2.36. The summed E-state index contributed by atoms with van der Waals surface area (Å²) >= 11 is 0. The first-order valence-electron chi connectivity index (χ1n) is 8.68. The van der Waals surface area contributed by atoms with Gasteiger partial charge in [0.2, 0.25) is 0 Å². The third kappa shape index (κ3) is 3.39. The molecule has 3 atom stereocenters. The van der Waals surface area contributed by atoms with Crippen molar-refractivity contribution in [3.05, 3.63) is 47.5 Å². The summed E-state index contributed by atoms with van der Waals surface area (Å²) < 4.78 is 11.9. The fourth-order valence-corrected chi connectivity index (χ4v) is 3.80. The van der Waals surface area contributed by atoms with Crippen molar-refractivity contribution in [2.24, 2.45) is 11.8 Å². The number of aryl methyl sites for hydroxylation is 1. The lowest BCUT2D eigenvalue weighted by atomic mass is 9.94. The van der Waals surface area contributed by atoms with Crippen LogP contribution in [0.2, 0.25) is 0 Å². The quantitative estimate of drug-likeness (QED) is 0.904. The molecule has 2 aliphatic rings. The molecule has 1 aromatic carbocycles. The third-order valence-electron chi connectivity index (χ3n) is 5.25. The zero-order valence-corrected chi connectivity index (χ0v) is 14.3. The monoisotopic (exact) mass is 338 g/mol. The number of rotatable bonds is 5. The number of fused-ring (bicyclic) bond motifs is 1. The number of nitrogens with zero attached hydrogens (tertiary/aromatic N) is 3. The van der Waals surface area contributed by atoms with E-state index in [4.69, 9.17) is 14.7 Å². The van der Waals surface area contributed by atoms with Crippen LogP contribution in [0, 0.1) is 30.1 Å². The van der Waals surface area contributed by atoms with E-state index in [0.29, 0.717) is 30.1 Å². The first-order valence-corrected chi connectivity index (χ1v) is 8.68. The van der Waals surface area contributed by atoms with E-state index >= 15 is 0 Å². The van der Waals surface area contributed by atoms with E-state index in [1.54, 1.807) is 18.5 Å². The van der Waals surface area contributed by atoms with Crippen LogP contribution in [0.15, 0.2) is 30.6 Å². The van der Waals surface area contributed by atoms with E-state index in [-0.39, 0.29) is 0 Å². The van der Waals surface area contributed by atoms with Crippen LogP contribution in [0.25, 0.3) is 0 Å². The molecule has 6 nitrogen and oxygen atoms in total. The molecule has 2 aromatic rings. The molecule has 3 heterocycles. The molecule has 6 heteroatoms. The third-order valence-corrected chi connectivity index (χ3v) is 5.25. The average molecular weight is 338 g/mol. The Morgan fingerprint density at radius 2 is 2.36 bits per heavy atom. The van der Waals surface area contributed by atoms with Gasteiger partial charge in [0.05, 0.1) is 43.0 Å². The van der Waals surface area contributed by atoms with E-state index in [1.807, 2.05) is 12.1 Å².